The molecule has 4 nitrogen and oxygen atoms in total. The van der Waals surface area contributed by atoms with Crippen LogP contribution < -0.4 is 0 Å². The Hall–Kier alpha value is -0.610. The molecule has 0 aromatic carbocycles. The first-order chi connectivity index (χ1) is 12.4. The molecule has 0 saturated carbocycles. The van der Waals surface area contributed by atoms with Crippen LogP contribution in [0.2, 0.25) is 0 Å². The molecular weight excluding hydrogens is 322 g/mol. The zero-order valence-electron chi connectivity index (χ0n) is 18.3. The molecule has 0 radical (unpaired) electrons. The number of piperidine rings is 2. The highest BCUT2D eigenvalue weighted by Crippen LogP contribution is 2.40. The van der Waals surface area contributed by atoms with Gasteiger partial charge in [0.1, 0.15) is 0 Å². The number of carbonyl (C=O) groups is 1. The monoisotopic (exact) mass is 365 g/mol. The molecule has 3 aliphatic rings. The van der Waals surface area contributed by atoms with Crippen molar-refractivity contribution in [3.05, 3.63) is 0 Å². The summed E-state index contributed by atoms with van der Waals surface area (Å²) in [6.45, 7) is 20.6. The fourth-order valence-corrected chi connectivity index (χ4v) is 4.84. The second-order valence-corrected chi connectivity index (χ2v) is 9.24. The van der Waals surface area contributed by atoms with Crippen LogP contribution in [0.3, 0.4) is 0 Å². The third kappa shape index (κ3) is 5.22. The molecule has 3 saturated heterocycles. The summed E-state index contributed by atoms with van der Waals surface area (Å²) in [5, 5.41) is 0. The minimum Gasteiger partial charge on any atom is -0.340 e. The van der Waals surface area contributed by atoms with Crippen molar-refractivity contribution in [3.63, 3.8) is 0 Å². The minimum absolute atomic E-state index is 0.370. The largest absolute Gasteiger partial charge is 0.340 e. The third-order valence-corrected chi connectivity index (χ3v) is 6.93. The van der Waals surface area contributed by atoms with Gasteiger partial charge in [-0.3, -0.25) is 9.69 Å². The van der Waals surface area contributed by atoms with Crippen molar-refractivity contribution in [2.75, 3.05) is 45.8 Å². The lowest BCUT2D eigenvalue weighted by Crippen LogP contribution is -2.63. The van der Waals surface area contributed by atoms with Gasteiger partial charge in [-0.2, -0.15) is 0 Å². The van der Waals surface area contributed by atoms with Crippen LogP contribution in [0, 0.1) is 17.3 Å². The summed E-state index contributed by atoms with van der Waals surface area (Å²) in [6.07, 6.45) is 5.07. The second kappa shape index (κ2) is 9.54. The molecular formula is C22H43N3O. The molecule has 1 amide bonds. The number of hydrogen-bond donors (Lipinski definition) is 0. The molecule has 3 heterocycles. The fraction of sp³-hybridized carbons (Fsp3) is 0.955. The van der Waals surface area contributed by atoms with E-state index in [1.165, 1.54) is 38.8 Å². The van der Waals surface area contributed by atoms with Gasteiger partial charge >= 0.3 is 0 Å². The van der Waals surface area contributed by atoms with Gasteiger partial charge in [-0.15, -0.1) is 0 Å². The van der Waals surface area contributed by atoms with Crippen molar-refractivity contribution in [2.24, 2.45) is 17.3 Å². The van der Waals surface area contributed by atoms with Crippen LogP contribution in [-0.2, 0) is 4.79 Å². The van der Waals surface area contributed by atoms with E-state index in [1.54, 1.807) is 0 Å². The Morgan fingerprint density at radius 3 is 1.96 bits per heavy atom. The molecule has 3 aliphatic heterocycles. The minimum atomic E-state index is 0.370. The summed E-state index contributed by atoms with van der Waals surface area (Å²) in [4.78, 5) is 19.7. The van der Waals surface area contributed by atoms with E-state index >= 15 is 0 Å². The highest BCUT2D eigenvalue weighted by molar-refractivity contribution is 5.79. The highest BCUT2D eigenvalue weighted by atomic mass is 16.2. The Labute approximate surface area is 162 Å². The molecule has 3 fully saturated rings. The van der Waals surface area contributed by atoms with E-state index in [2.05, 4.69) is 42.4 Å². The van der Waals surface area contributed by atoms with Crippen molar-refractivity contribution in [1.82, 2.24) is 14.7 Å². The Bertz CT molecular complexity index is 425. The van der Waals surface area contributed by atoms with Crippen LogP contribution in [-0.4, -0.2) is 72.5 Å². The fourth-order valence-electron chi connectivity index (χ4n) is 4.84. The van der Waals surface area contributed by atoms with Gasteiger partial charge < -0.3 is 9.80 Å². The predicted molar refractivity (Wildman–Crippen MR) is 110 cm³/mol. The highest BCUT2D eigenvalue weighted by Gasteiger charge is 2.46. The molecule has 0 atom stereocenters. The van der Waals surface area contributed by atoms with E-state index in [-0.39, 0.29) is 0 Å². The summed E-state index contributed by atoms with van der Waals surface area (Å²) in [5.41, 5.74) is 0.450. The molecule has 0 aromatic rings. The van der Waals surface area contributed by atoms with Gasteiger partial charge in [0.15, 0.2) is 0 Å². The Morgan fingerprint density at radius 1 is 0.962 bits per heavy atom. The number of hydrogen-bond acceptors (Lipinski definition) is 3. The molecule has 0 aromatic heterocycles. The smallest absolute Gasteiger partial charge is 0.236 e. The van der Waals surface area contributed by atoms with Gasteiger partial charge in [-0.25, -0.2) is 0 Å². The van der Waals surface area contributed by atoms with Crippen LogP contribution in [0.15, 0.2) is 0 Å². The lowest BCUT2D eigenvalue weighted by Gasteiger charge is -2.54. The van der Waals surface area contributed by atoms with Gasteiger partial charge in [0.25, 0.3) is 0 Å². The van der Waals surface area contributed by atoms with Crippen LogP contribution in [0.5, 0.6) is 0 Å². The Morgan fingerprint density at radius 2 is 1.50 bits per heavy atom. The van der Waals surface area contributed by atoms with E-state index in [0.717, 1.165) is 38.0 Å². The maximum absolute atomic E-state index is 12.6. The number of nitrogens with zero attached hydrogens (tertiary/aromatic N) is 3. The lowest BCUT2D eigenvalue weighted by atomic mass is 9.71. The van der Waals surface area contributed by atoms with Gasteiger partial charge in [0, 0.05) is 24.5 Å². The van der Waals surface area contributed by atoms with Crippen molar-refractivity contribution in [3.8, 4) is 0 Å². The molecule has 1 spiro atoms. The molecule has 0 N–H and O–H groups in total. The van der Waals surface area contributed by atoms with Crippen molar-refractivity contribution < 1.29 is 4.79 Å². The van der Waals surface area contributed by atoms with Crippen molar-refractivity contribution in [1.29, 1.82) is 0 Å². The van der Waals surface area contributed by atoms with Crippen molar-refractivity contribution in [2.45, 2.75) is 73.3 Å². The first-order valence-electron chi connectivity index (χ1n) is 11.1. The first-order valence-corrected chi connectivity index (χ1v) is 11.1. The topological polar surface area (TPSA) is 26.8 Å². The van der Waals surface area contributed by atoms with Crippen LogP contribution >= 0.6 is 0 Å². The third-order valence-electron chi connectivity index (χ3n) is 6.93. The number of rotatable bonds is 4. The summed E-state index contributed by atoms with van der Waals surface area (Å²) in [5.74, 6) is 2.01. The van der Waals surface area contributed by atoms with Gasteiger partial charge in [-0.1, -0.05) is 27.7 Å². The number of amides is 1. The van der Waals surface area contributed by atoms with Crippen LogP contribution in [0.25, 0.3) is 0 Å². The first kappa shape index (κ1) is 21.7. The predicted octanol–water partition coefficient (Wildman–Crippen LogP) is 3.71. The SMILES string of the molecule is CC.CC(C)C1CCN(CC(=O)N2CC3(CCN(C(C)C)CC3)C2)CC1. The summed E-state index contributed by atoms with van der Waals surface area (Å²) in [7, 11) is 0. The van der Waals surface area contributed by atoms with E-state index in [0.29, 0.717) is 23.9 Å². The quantitative estimate of drug-likeness (QED) is 0.760. The average molecular weight is 366 g/mol. The summed E-state index contributed by atoms with van der Waals surface area (Å²) >= 11 is 0. The molecule has 26 heavy (non-hydrogen) atoms. The maximum atomic E-state index is 12.6. The van der Waals surface area contributed by atoms with Gasteiger partial charge in [-0.05, 0) is 77.5 Å². The Balaban J connectivity index is 0.00000117. The van der Waals surface area contributed by atoms with Crippen molar-refractivity contribution >= 4 is 5.91 Å². The number of likely N-dealkylation sites (tertiary alicyclic amines) is 3. The lowest BCUT2D eigenvalue weighted by molar-refractivity contribution is -0.148. The van der Waals surface area contributed by atoms with Gasteiger partial charge in [0.05, 0.1) is 6.54 Å². The molecule has 3 rings (SSSR count). The number of carbonyl (C=O) groups excluding carboxylic acids is 1. The molecule has 0 aliphatic carbocycles. The second-order valence-electron chi connectivity index (χ2n) is 9.24. The molecule has 0 bridgehead atoms. The normalized spacial score (nSPS) is 24.5. The molecule has 4 heteroatoms. The Kier molecular flexibility index (Phi) is 7.96. The summed E-state index contributed by atoms with van der Waals surface area (Å²) in [6, 6.07) is 0.661. The summed E-state index contributed by atoms with van der Waals surface area (Å²) < 4.78 is 0. The zero-order chi connectivity index (χ0) is 19.3. The van der Waals surface area contributed by atoms with E-state index in [4.69, 9.17) is 0 Å². The van der Waals surface area contributed by atoms with Gasteiger partial charge in [0.2, 0.25) is 5.91 Å². The van der Waals surface area contributed by atoms with Crippen LogP contribution in [0.4, 0.5) is 0 Å². The van der Waals surface area contributed by atoms with E-state index in [1.807, 2.05) is 13.8 Å². The molecule has 0 unspecified atom stereocenters. The molecule has 152 valence electrons. The van der Waals surface area contributed by atoms with Crippen LogP contribution in [0.1, 0.15) is 67.2 Å². The standard InChI is InChI=1S/C20H37N3O.C2H6/c1-16(2)18-5-9-21(10-6-18)13-19(24)23-14-20(15-23)7-11-22(12-8-20)17(3)4;1-2/h16-18H,5-15H2,1-4H3;1-2H3. The average Bonchev–Trinajstić information content (AvgIpc) is 2.61. The zero-order valence-corrected chi connectivity index (χ0v) is 18.3. The van der Waals surface area contributed by atoms with E-state index in [9.17, 15) is 4.79 Å². The maximum Gasteiger partial charge on any atom is 0.236 e. The van der Waals surface area contributed by atoms with E-state index < -0.39 is 0 Å².